The summed E-state index contributed by atoms with van der Waals surface area (Å²) in [4.78, 5) is 14.3. The van der Waals surface area contributed by atoms with Crippen LogP contribution in [0, 0.1) is 5.92 Å². The number of halogens is 1. The second-order valence-corrected chi connectivity index (χ2v) is 12.7. The lowest BCUT2D eigenvalue weighted by Crippen LogP contribution is -2.38. The van der Waals surface area contributed by atoms with Gasteiger partial charge in [0.15, 0.2) is 0 Å². The van der Waals surface area contributed by atoms with Crippen LogP contribution in [0.15, 0.2) is 36.4 Å². The van der Waals surface area contributed by atoms with Gasteiger partial charge in [0.25, 0.3) is 0 Å². The number of morpholine rings is 1. The van der Waals surface area contributed by atoms with Gasteiger partial charge in [-0.2, -0.15) is 0 Å². The lowest BCUT2D eigenvalue weighted by atomic mass is 9.76. The average Bonchev–Trinajstić information content (AvgIpc) is 3.23. The fourth-order valence-corrected chi connectivity index (χ4v) is 6.46. The number of aliphatic hydroxyl groups excluding tert-OH is 2. The first-order chi connectivity index (χ1) is 19.2. The van der Waals surface area contributed by atoms with E-state index in [-0.39, 0.29) is 34.7 Å². The second-order valence-electron chi connectivity index (χ2n) is 12.1. The Morgan fingerprint density at radius 1 is 1.18 bits per heavy atom. The minimum Gasteiger partial charge on any atom is -0.464 e. The van der Waals surface area contributed by atoms with Crippen molar-refractivity contribution >= 4 is 17.6 Å². The molecule has 40 heavy (non-hydrogen) atoms. The Morgan fingerprint density at radius 3 is 2.60 bits per heavy atom. The number of ether oxygens (including phenoxy) is 2. The minimum absolute atomic E-state index is 0.0137. The van der Waals surface area contributed by atoms with Gasteiger partial charge in [-0.3, -0.25) is 9.69 Å². The van der Waals surface area contributed by atoms with Crippen LogP contribution in [0.1, 0.15) is 95.6 Å². The summed E-state index contributed by atoms with van der Waals surface area (Å²) < 4.78 is 10.7. The molecule has 1 aromatic rings. The van der Waals surface area contributed by atoms with Gasteiger partial charge in [-0.15, -0.1) is 11.6 Å². The molecule has 1 aliphatic carbocycles. The molecule has 1 saturated heterocycles. The van der Waals surface area contributed by atoms with E-state index in [1.165, 1.54) is 0 Å². The minimum atomic E-state index is -0.466. The normalized spacial score (nSPS) is 24.9. The van der Waals surface area contributed by atoms with E-state index >= 15 is 0 Å². The van der Waals surface area contributed by atoms with Gasteiger partial charge < -0.3 is 19.7 Å². The van der Waals surface area contributed by atoms with Crippen molar-refractivity contribution in [2.45, 2.75) is 107 Å². The first-order valence-corrected chi connectivity index (χ1v) is 15.9. The Bertz CT molecular complexity index is 899. The summed E-state index contributed by atoms with van der Waals surface area (Å²) in [6.45, 7) is 10.9. The fraction of sp³-hybridized carbons (Fsp3) is 0.727. The third-order valence-electron chi connectivity index (χ3n) is 8.86. The Balaban J connectivity index is 1.44. The molecule has 1 heterocycles. The third kappa shape index (κ3) is 9.84. The molecule has 226 valence electrons. The molecule has 0 aromatic heterocycles. The van der Waals surface area contributed by atoms with Gasteiger partial charge in [-0.1, -0.05) is 76.5 Å². The topological polar surface area (TPSA) is 79.2 Å². The van der Waals surface area contributed by atoms with Gasteiger partial charge >= 0.3 is 5.97 Å². The van der Waals surface area contributed by atoms with Gasteiger partial charge in [-0.05, 0) is 49.1 Å². The molecule has 1 aromatic carbocycles. The van der Waals surface area contributed by atoms with Gasteiger partial charge in [0.1, 0.15) is 6.61 Å². The first kappa shape index (κ1) is 33.1. The lowest BCUT2D eigenvalue weighted by Gasteiger charge is -2.32. The zero-order valence-corrected chi connectivity index (χ0v) is 25.7. The van der Waals surface area contributed by atoms with Crippen LogP contribution in [0.5, 0.6) is 0 Å². The number of esters is 1. The van der Waals surface area contributed by atoms with Gasteiger partial charge in [-0.25, -0.2) is 0 Å². The van der Waals surface area contributed by atoms with Crippen LogP contribution in [-0.2, 0) is 19.7 Å². The van der Waals surface area contributed by atoms with Crippen LogP contribution in [-0.4, -0.2) is 78.1 Å². The maximum Gasteiger partial charge on any atom is 0.305 e. The molecule has 1 aliphatic heterocycles. The van der Waals surface area contributed by atoms with Crippen molar-refractivity contribution in [3.05, 3.63) is 47.5 Å². The second kappa shape index (κ2) is 16.9. The summed E-state index contributed by atoms with van der Waals surface area (Å²) in [6.07, 6.45) is 10.9. The number of rotatable bonds is 16. The highest BCUT2D eigenvalue weighted by Crippen LogP contribution is 2.45. The average molecular weight is 578 g/mol. The Morgan fingerprint density at radius 2 is 1.90 bits per heavy atom. The predicted octanol–water partition coefficient (Wildman–Crippen LogP) is 5.97. The van der Waals surface area contributed by atoms with Crippen LogP contribution in [0.3, 0.4) is 0 Å². The summed E-state index contributed by atoms with van der Waals surface area (Å²) in [6, 6.07) is 8.44. The standard InChI is InChI=1S/C33H52ClNO5/c1-4-5-8-12-30(37)33(2,3)26-16-14-25(15-17-26)32-27(28(34)24-29(32)36)11-9-6-7-10-13-31(38)40-23-20-35-18-21-39-22-19-35/h6,9,14-17,27-30,32,36-37H,4-5,7-8,10-13,18-24H2,1-3H3/t27-,28+,29+,30?,32+/m0/s1. The predicted molar refractivity (Wildman–Crippen MR) is 162 cm³/mol. The van der Waals surface area contributed by atoms with Crippen LogP contribution >= 0.6 is 11.6 Å². The Labute approximate surface area is 247 Å². The molecule has 5 atom stereocenters. The molecule has 6 nitrogen and oxygen atoms in total. The van der Waals surface area contributed by atoms with Crippen molar-refractivity contribution in [2.75, 3.05) is 39.5 Å². The maximum atomic E-state index is 12.0. The van der Waals surface area contributed by atoms with Gasteiger partial charge in [0, 0.05) is 42.8 Å². The number of alkyl halides is 1. The zero-order valence-electron chi connectivity index (χ0n) is 24.9. The number of hydrogen-bond donors (Lipinski definition) is 2. The molecule has 0 radical (unpaired) electrons. The van der Waals surface area contributed by atoms with Crippen molar-refractivity contribution in [2.24, 2.45) is 5.92 Å². The van der Waals surface area contributed by atoms with Crippen molar-refractivity contribution in [1.82, 2.24) is 4.90 Å². The number of allylic oxidation sites excluding steroid dienone is 2. The van der Waals surface area contributed by atoms with Crippen LogP contribution in [0.25, 0.3) is 0 Å². The van der Waals surface area contributed by atoms with Crippen molar-refractivity contribution in [3.63, 3.8) is 0 Å². The molecule has 7 heteroatoms. The number of nitrogens with zero attached hydrogens (tertiary/aromatic N) is 1. The molecule has 1 unspecified atom stereocenters. The highest BCUT2D eigenvalue weighted by Gasteiger charge is 2.42. The molecular formula is C33H52ClNO5. The molecule has 0 amide bonds. The lowest BCUT2D eigenvalue weighted by molar-refractivity contribution is -0.144. The van der Waals surface area contributed by atoms with E-state index in [0.717, 1.165) is 88.9 Å². The number of benzene rings is 1. The SMILES string of the molecule is CCCCCC(O)C(C)(C)c1ccc([C@@H]2[C@@H](CC=CCCCC(=O)OCCN3CCOCC3)[C@H](Cl)C[C@H]2O)cc1. The van der Waals surface area contributed by atoms with Crippen LogP contribution in [0.2, 0.25) is 0 Å². The van der Waals surface area contributed by atoms with E-state index in [1.54, 1.807) is 0 Å². The molecule has 0 spiro atoms. The highest BCUT2D eigenvalue weighted by atomic mass is 35.5. The fourth-order valence-electron chi connectivity index (χ4n) is 6.02. The first-order valence-electron chi connectivity index (χ1n) is 15.4. The smallest absolute Gasteiger partial charge is 0.305 e. The summed E-state index contributed by atoms with van der Waals surface area (Å²) in [5.74, 6) is -0.00152. The van der Waals surface area contributed by atoms with E-state index in [0.29, 0.717) is 19.4 Å². The third-order valence-corrected chi connectivity index (χ3v) is 9.36. The number of carbonyl (C=O) groups is 1. The van der Waals surface area contributed by atoms with Gasteiger partial charge in [0.05, 0.1) is 25.4 Å². The highest BCUT2D eigenvalue weighted by molar-refractivity contribution is 6.21. The van der Waals surface area contributed by atoms with E-state index in [9.17, 15) is 15.0 Å². The monoisotopic (exact) mass is 577 g/mol. The maximum absolute atomic E-state index is 12.0. The Hall–Kier alpha value is -1.44. The van der Waals surface area contributed by atoms with Crippen LogP contribution < -0.4 is 0 Å². The van der Waals surface area contributed by atoms with E-state index in [4.69, 9.17) is 21.1 Å². The van der Waals surface area contributed by atoms with E-state index < -0.39 is 6.10 Å². The number of hydrogen-bond acceptors (Lipinski definition) is 6. The molecule has 0 bridgehead atoms. The number of unbranched alkanes of at least 4 members (excludes halogenated alkanes) is 3. The summed E-state index contributed by atoms with van der Waals surface area (Å²) in [5.41, 5.74) is 1.90. The number of aliphatic hydroxyl groups is 2. The van der Waals surface area contributed by atoms with Crippen molar-refractivity contribution in [3.8, 4) is 0 Å². The molecule has 2 aliphatic rings. The molecule has 3 rings (SSSR count). The quantitative estimate of drug-likeness (QED) is 0.109. The van der Waals surface area contributed by atoms with Gasteiger partial charge in [0.2, 0.25) is 0 Å². The zero-order chi connectivity index (χ0) is 29.0. The van der Waals surface area contributed by atoms with Crippen LogP contribution in [0.4, 0.5) is 0 Å². The largest absolute Gasteiger partial charge is 0.464 e. The van der Waals surface area contributed by atoms with E-state index in [2.05, 4.69) is 62.1 Å². The number of carbonyl (C=O) groups excluding carboxylic acids is 1. The molecule has 2 N–H and O–H groups in total. The Kier molecular flexibility index (Phi) is 13.9. The van der Waals surface area contributed by atoms with E-state index in [1.807, 2.05) is 0 Å². The van der Waals surface area contributed by atoms with Crippen molar-refractivity contribution < 1.29 is 24.5 Å². The summed E-state index contributed by atoms with van der Waals surface area (Å²) >= 11 is 6.71. The molecule has 1 saturated carbocycles. The molecular weight excluding hydrogens is 526 g/mol. The summed E-state index contributed by atoms with van der Waals surface area (Å²) in [7, 11) is 0. The molecule has 2 fully saturated rings. The summed E-state index contributed by atoms with van der Waals surface area (Å²) in [5, 5.41) is 21.6. The van der Waals surface area contributed by atoms with Crippen molar-refractivity contribution in [1.29, 1.82) is 0 Å².